The Balaban J connectivity index is 1.67. The summed E-state index contributed by atoms with van der Waals surface area (Å²) in [7, 11) is 0. The highest BCUT2D eigenvalue weighted by Crippen LogP contribution is 2.28. The van der Waals surface area contributed by atoms with Crippen molar-refractivity contribution >= 4 is 22.7 Å². The number of nitrogen functional groups attached to an aromatic ring is 1. The fourth-order valence-electron chi connectivity index (χ4n) is 2.69. The second-order valence-electron chi connectivity index (χ2n) is 5.97. The summed E-state index contributed by atoms with van der Waals surface area (Å²) in [4.78, 5) is 11.9. The van der Waals surface area contributed by atoms with Crippen LogP contribution in [0.2, 0.25) is 0 Å². The molecule has 0 radical (unpaired) electrons. The van der Waals surface area contributed by atoms with E-state index in [0.29, 0.717) is 28.1 Å². The van der Waals surface area contributed by atoms with Crippen molar-refractivity contribution in [1.82, 2.24) is 14.9 Å². The third-order valence-electron chi connectivity index (χ3n) is 4.21. The minimum atomic E-state index is -0.373. The molecule has 132 valence electrons. The maximum Gasteiger partial charge on any atom is 0.336 e. The fraction of sp³-hybridized carbons (Fsp3) is 0.167. The smallest absolute Gasteiger partial charge is 0.336 e. The molecular weight excluding hydrogens is 352 g/mol. The van der Waals surface area contributed by atoms with Crippen LogP contribution in [0.25, 0.3) is 22.6 Å². The second kappa shape index (κ2) is 6.38. The van der Waals surface area contributed by atoms with Crippen LogP contribution in [0.4, 0.5) is 0 Å². The Morgan fingerprint density at radius 3 is 2.77 bits per heavy atom. The Morgan fingerprint density at radius 1 is 1.19 bits per heavy atom. The van der Waals surface area contributed by atoms with Gasteiger partial charge in [0.2, 0.25) is 11.0 Å². The Bertz CT molecular complexity index is 1150. The zero-order chi connectivity index (χ0) is 18.3. The molecule has 0 atom stereocenters. The number of thioether (sulfide) groups is 1. The Labute approximate surface area is 152 Å². The number of hydrogen-bond acceptors (Lipinski definition) is 7. The highest BCUT2D eigenvalue weighted by atomic mass is 32.2. The molecule has 1 aromatic carbocycles. The van der Waals surface area contributed by atoms with E-state index in [4.69, 9.17) is 14.7 Å². The topological polar surface area (TPSA) is 100 Å². The van der Waals surface area contributed by atoms with Crippen LogP contribution in [0.3, 0.4) is 0 Å². The van der Waals surface area contributed by atoms with Crippen LogP contribution in [0.5, 0.6) is 0 Å². The van der Waals surface area contributed by atoms with Gasteiger partial charge in [0.1, 0.15) is 5.58 Å². The first-order chi connectivity index (χ1) is 12.5. The van der Waals surface area contributed by atoms with Crippen LogP contribution >= 0.6 is 11.8 Å². The highest BCUT2D eigenvalue weighted by molar-refractivity contribution is 7.98. The largest absolute Gasteiger partial charge is 0.461 e. The fourth-order valence-corrected chi connectivity index (χ4v) is 3.54. The summed E-state index contributed by atoms with van der Waals surface area (Å²) < 4.78 is 12.0. The average Bonchev–Trinajstić information content (AvgIpc) is 3.24. The molecule has 0 spiro atoms. The lowest BCUT2D eigenvalue weighted by molar-refractivity contribution is 0.559. The van der Waals surface area contributed by atoms with Gasteiger partial charge in [-0.25, -0.2) is 9.47 Å². The molecule has 3 aromatic heterocycles. The van der Waals surface area contributed by atoms with Crippen LogP contribution in [0, 0.1) is 13.8 Å². The molecule has 0 saturated carbocycles. The predicted molar refractivity (Wildman–Crippen MR) is 99.4 cm³/mol. The molecule has 0 aliphatic rings. The third-order valence-corrected chi connectivity index (χ3v) is 5.20. The van der Waals surface area contributed by atoms with Gasteiger partial charge in [0, 0.05) is 17.2 Å². The lowest BCUT2D eigenvalue weighted by atomic mass is 10.0. The van der Waals surface area contributed by atoms with Crippen molar-refractivity contribution in [3.05, 3.63) is 63.7 Å². The highest BCUT2D eigenvalue weighted by Gasteiger charge is 2.15. The van der Waals surface area contributed by atoms with Crippen molar-refractivity contribution < 1.29 is 8.83 Å². The van der Waals surface area contributed by atoms with Crippen LogP contribution < -0.4 is 11.5 Å². The Morgan fingerprint density at radius 2 is 2.00 bits per heavy atom. The van der Waals surface area contributed by atoms with Gasteiger partial charge >= 0.3 is 5.63 Å². The zero-order valence-electron chi connectivity index (χ0n) is 14.2. The molecule has 2 N–H and O–H groups in total. The summed E-state index contributed by atoms with van der Waals surface area (Å²) >= 11 is 1.39. The second-order valence-corrected chi connectivity index (χ2v) is 6.91. The van der Waals surface area contributed by atoms with E-state index < -0.39 is 0 Å². The summed E-state index contributed by atoms with van der Waals surface area (Å²) in [6, 6.07) is 8.96. The summed E-state index contributed by atoms with van der Waals surface area (Å²) in [5.74, 6) is 7.58. The predicted octanol–water partition coefficient (Wildman–Crippen LogP) is 3.27. The first-order valence-electron chi connectivity index (χ1n) is 7.94. The third kappa shape index (κ3) is 2.88. The molecule has 0 bridgehead atoms. The Kier molecular flexibility index (Phi) is 4.04. The van der Waals surface area contributed by atoms with E-state index in [9.17, 15) is 4.79 Å². The van der Waals surface area contributed by atoms with Crippen LogP contribution in [0.1, 0.15) is 16.7 Å². The van der Waals surface area contributed by atoms with E-state index in [1.165, 1.54) is 22.5 Å². The lowest BCUT2D eigenvalue weighted by Crippen LogP contribution is -2.11. The molecule has 26 heavy (non-hydrogen) atoms. The minimum Gasteiger partial charge on any atom is -0.461 e. The number of hydrogen-bond donors (Lipinski definition) is 1. The molecule has 0 saturated heterocycles. The van der Waals surface area contributed by atoms with Crippen LogP contribution in [-0.2, 0) is 5.75 Å². The summed E-state index contributed by atoms with van der Waals surface area (Å²) in [6.07, 6.45) is 1.55. The van der Waals surface area contributed by atoms with E-state index in [2.05, 4.69) is 10.2 Å². The molecule has 4 aromatic rings. The zero-order valence-corrected chi connectivity index (χ0v) is 15.0. The first kappa shape index (κ1) is 16.5. The number of fused-ring (bicyclic) bond motifs is 1. The maximum atomic E-state index is 11.9. The van der Waals surface area contributed by atoms with Gasteiger partial charge in [0.25, 0.3) is 0 Å². The molecule has 7 nitrogen and oxygen atoms in total. The van der Waals surface area contributed by atoms with Crippen molar-refractivity contribution in [2.45, 2.75) is 24.8 Å². The lowest BCUT2D eigenvalue weighted by Gasteiger charge is -2.08. The number of rotatable bonds is 4. The van der Waals surface area contributed by atoms with Crippen molar-refractivity contribution in [3.63, 3.8) is 0 Å². The monoisotopic (exact) mass is 368 g/mol. The van der Waals surface area contributed by atoms with Gasteiger partial charge < -0.3 is 14.7 Å². The molecule has 0 aliphatic carbocycles. The van der Waals surface area contributed by atoms with Crippen molar-refractivity contribution in [2.75, 3.05) is 5.84 Å². The molecule has 0 amide bonds. The number of aryl methyl sites for hydroxylation is 2. The number of nitrogens with two attached hydrogens (primary N) is 1. The Hall–Kier alpha value is -3.00. The van der Waals surface area contributed by atoms with Crippen LogP contribution in [0.15, 0.2) is 55.4 Å². The van der Waals surface area contributed by atoms with Gasteiger partial charge in [-0.2, -0.15) is 0 Å². The molecule has 0 unspecified atom stereocenters. The molecule has 0 fully saturated rings. The van der Waals surface area contributed by atoms with Crippen molar-refractivity contribution in [2.24, 2.45) is 0 Å². The van der Waals surface area contributed by atoms with Gasteiger partial charge in [-0.3, -0.25) is 0 Å². The molecule has 0 aliphatic heterocycles. The normalized spacial score (nSPS) is 11.3. The number of nitrogens with zero attached hydrogens (tertiary/aromatic N) is 3. The maximum absolute atomic E-state index is 11.9. The summed E-state index contributed by atoms with van der Waals surface area (Å²) in [6.45, 7) is 4.02. The standard InChI is InChI=1S/C18H16N4O3S/c1-10-6-13-12(8-16(23)25-15(13)7-11(10)2)9-26-18-21-20-17(22(18)19)14-4-3-5-24-14/h3-8H,9,19H2,1-2H3. The quantitative estimate of drug-likeness (QED) is 0.335. The van der Waals surface area contributed by atoms with Gasteiger partial charge in [0.05, 0.1) is 6.26 Å². The van der Waals surface area contributed by atoms with Gasteiger partial charge in [-0.05, 0) is 54.8 Å². The molecule has 3 heterocycles. The molecule has 4 rings (SSSR count). The summed E-state index contributed by atoms with van der Waals surface area (Å²) in [5.41, 5.74) is 3.30. The van der Waals surface area contributed by atoms with Crippen LogP contribution in [-0.4, -0.2) is 14.9 Å². The van der Waals surface area contributed by atoms with Crippen molar-refractivity contribution in [1.29, 1.82) is 0 Å². The minimum absolute atomic E-state index is 0.373. The van der Waals surface area contributed by atoms with E-state index >= 15 is 0 Å². The van der Waals surface area contributed by atoms with E-state index in [1.807, 2.05) is 26.0 Å². The summed E-state index contributed by atoms with van der Waals surface area (Å²) in [5, 5.41) is 9.62. The SMILES string of the molecule is Cc1cc2oc(=O)cc(CSc3nnc(-c4ccco4)n3N)c2cc1C. The van der Waals surface area contributed by atoms with Crippen molar-refractivity contribution in [3.8, 4) is 11.6 Å². The number of aromatic nitrogens is 3. The average molecular weight is 368 g/mol. The van der Waals surface area contributed by atoms with Gasteiger partial charge in [-0.15, -0.1) is 10.2 Å². The van der Waals surface area contributed by atoms with E-state index in [-0.39, 0.29) is 5.63 Å². The van der Waals surface area contributed by atoms with E-state index in [1.54, 1.807) is 18.4 Å². The first-order valence-corrected chi connectivity index (χ1v) is 8.92. The molecule has 8 heteroatoms. The van der Waals surface area contributed by atoms with Gasteiger partial charge in [0.15, 0.2) is 5.76 Å². The number of furan rings is 1. The number of benzene rings is 1. The van der Waals surface area contributed by atoms with E-state index in [0.717, 1.165) is 22.1 Å². The van der Waals surface area contributed by atoms with Gasteiger partial charge in [-0.1, -0.05) is 11.8 Å². The molecular formula is C18H16N4O3S.